The first kappa shape index (κ1) is 17.4. The Labute approximate surface area is 161 Å². The van der Waals surface area contributed by atoms with Crippen LogP contribution in [0.1, 0.15) is 39.0 Å². The highest BCUT2D eigenvalue weighted by Gasteiger charge is 2.39. The molecular formula is C21H19N3O2S. The van der Waals surface area contributed by atoms with Crippen LogP contribution in [0.3, 0.4) is 0 Å². The van der Waals surface area contributed by atoms with Crippen molar-refractivity contribution in [1.29, 1.82) is 0 Å². The average Bonchev–Trinajstić information content (AvgIpc) is 3.28. The van der Waals surface area contributed by atoms with Crippen LogP contribution in [-0.4, -0.2) is 16.8 Å². The van der Waals surface area contributed by atoms with E-state index in [0.717, 1.165) is 16.1 Å². The number of pyridine rings is 1. The van der Waals surface area contributed by atoms with Crippen molar-refractivity contribution in [2.75, 3.05) is 4.90 Å². The van der Waals surface area contributed by atoms with Crippen molar-refractivity contribution in [2.24, 2.45) is 0 Å². The Morgan fingerprint density at radius 2 is 2.11 bits per heavy atom. The van der Waals surface area contributed by atoms with Gasteiger partial charge < -0.3 is 5.32 Å². The fourth-order valence-corrected chi connectivity index (χ4v) is 4.01. The SMILES string of the molecule is Cc1cccc(N2C(=O)c3cccnc3C2CC(=O)NCc2cccs2)c1. The first-order valence-corrected chi connectivity index (χ1v) is 9.65. The van der Waals surface area contributed by atoms with Crippen LogP contribution in [0.4, 0.5) is 5.69 Å². The molecule has 1 aliphatic rings. The molecule has 6 heteroatoms. The molecule has 0 fully saturated rings. The van der Waals surface area contributed by atoms with Gasteiger partial charge in [-0.2, -0.15) is 0 Å². The van der Waals surface area contributed by atoms with E-state index in [4.69, 9.17) is 0 Å². The normalized spacial score (nSPS) is 15.7. The minimum Gasteiger partial charge on any atom is -0.351 e. The molecule has 0 spiro atoms. The lowest BCUT2D eigenvalue weighted by molar-refractivity contribution is -0.121. The number of nitrogens with one attached hydrogen (secondary N) is 1. The molecule has 1 unspecified atom stereocenters. The van der Waals surface area contributed by atoms with E-state index < -0.39 is 6.04 Å². The summed E-state index contributed by atoms with van der Waals surface area (Å²) in [6.07, 6.45) is 1.84. The maximum absolute atomic E-state index is 13.0. The third kappa shape index (κ3) is 3.48. The second-order valence-corrected chi connectivity index (χ2v) is 7.56. The zero-order valence-electron chi connectivity index (χ0n) is 14.9. The summed E-state index contributed by atoms with van der Waals surface area (Å²) in [5, 5.41) is 4.93. The minimum atomic E-state index is -0.404. The molecule has 0 bridgehead atoms. The topological polar surface area (TPSA) is 62.3 Å². The smallest absolute Gasteiger partial charge is 0.260 e. The zero-order valence-corrected chi connectivity index (χ0v) is 15.7. The van der Waals surface area contributed by atoms with Gasteiger partial charge in [0, 0.05) is 16.8 Å². The van der Waals surface area contributed by atoms with E-state index in [2.05, 4.69) is 10.3 Å². The molecular weight excluding hydrogens is 358 g/mol. The molecule has 3 heterocycles. The van der Waals surface area contributed by atoms with E-state index in [-0.39, 0.29) is 18.2 Å². The van der Waals surface area contributed by atoms with E-state index in [9.17, 15) is 9.59 Å². The van der Waals surface area contributed by atoms with Crippen LogP contribution >= 0.6 is 11.3 Å². The van der Waals surface area contributed by atoms with Crippen molar-refractivity contribution < 1.29 is 9.59 Å². The number of benzene rings is 1. The van der Waals surface area contributed by atoms with Crippen LogP contribution in [0.25, 0.3) is 0 Å². The number of rotatable bonds is 5. The first-order chi connectivity index (χ1) is 13.1. The van der Waals surface area contributed by atoms with Gasteiger partial charge in [0.25, 0.3) is 5.91 Å². The Morgan fingerprint density at radius 1 is 1.22 bits per heavy atom. The second-order valence-electron chi connectivity index (χ2n) is 6.53. The second kappa shape index (κ2) is 7.32. The molecule has 0 saturated heterocycles. The van der Waals surface area contributed by atoms with Crippen molar-refractivity contribution in [3.05, 3.63) is 81.8 Å². The van der Waals surface area contributed by atoms with Crippen LogP contribution in [0.5, 0.6) is 0 Å². The summed E-state index contributed by atoms with van der Waals surface area (Å²) in [6, 6.07) is 14.8. The Morgan fingerprint density at radius 3 is 2.89 bits per heavy atom. The summed E-state index contributed by atoms with van der Waals surface area (Å²) in [6.45, 7) is 2.48. The van der Waals surface area contributed by atoms with Crippen molar-refractivity contribution >= 4 is 28.8 Å². The fraction of sp³-hybridized carbons (Fsp3) is 0.190. The Kier molecular flexibility index (Phi) is 4.73. The number of nitrogens with zero attached hydrogens (tertiary/aromatic N) is 2. The number of hydrogen-bond acceptors (Lipinski definition) is 4. The lowest BCUT2D eigenvalue weighted by atomic mass is 10.1. The van der Waals surface area contributed by atoms with Crippen LogP contribution in [-0.2, 0) is 11.3 Å². The van der Waals surface area contributed by atoms with Gasteiger partial charge >= 0.3 is 0 Å². The zero-order chi connectivity index (χ0) is 18.8. The number of hydrogen-bond donors (Lipinski definition) is 1. The van der Waals surface area contributed by atoms with Gasteiger partial charge in [-0.05, 0) is 48.2 Å². The van der Waals surface area contributed by atoms with Crippen LogP contribution in [0.15, 0.2) is 60.1 Å². The monoisotopic (exact) mass is 377 g/mol. The summed E-state index contributed by atoms with van der Waals surface area (Å²) < 4.78 is 0. The predicted molar refractivity (Wildman–Crippen MR) is 106 cm³/mol. The molecule has 136 valence electrons. The van der Waals surface area contributed by atoms with E-state index in [1.165, 1.54) is 0 Å². The third-order valence-corrected chi connectivity index (χ3v) is 5.49. The molecule has 3 aromatic rings. The van der Waals surface area contributed by atoms with Gasteiger partial charge in [-0.15, -0.1) is 11.3 Å². The van der Waals surface area contributed by atoms with Gasteiger partial charge in [0.1, 0.15) is 0 Å². The summed E-state index contributed by atoms with van der Waals surface area (Å²) >= 11 is 1.60. The molecule has 1 N–H and O–H groups in total. The molecule has 1 atom stereocenters. The standard InChI is InChI=1S/C21H19N3O2S/c1-14-5-2-6-15(11-14)24-18(20-17(21(24)26)8-3-9-22-20)12-19(25)23-13-16-7-4-10-27-16/h2-11,18H,12-13H2,1H3,(H,23,25). The quantitative estimate of drug-likeness (QED) is 0.734. The fourth-order valence-electron chi connectivity index (χ4n) is 3.37. The van der Waals surface area contributed by atoms with Gasteiger partial charge in [-0.1, -0.05) is 18.2 Å². The predicted octanol–water partition coefficient (Wildman–Crippen LogP) is 3.86. The summed E-state index contributed by atoms with van der Waals surface area (Å²) in [5.41, 5.74) is 3.07. The summed E-state index contributed by atoms with van der Waals surface area (Å²) in [7, 11) is 0. The lowest BCUT2D eigenvalue weighted by Gasteiger charge is -2.25. The van der Waals surface area contributed by atoms with Crippen molar-refractivity contribution in [2.45, 2.75) is 25.9 Å². The van der Waals surface area contributed by atoms with E-state index in [0.29, 0.717) is 17.8 Å². The highest BCUT2D eigenvalue weighted by Crippen LogP contribution is 2.38. The maximum Gasteiger partial charge on any atom is 0.260 e. The molecule has 0 saturated carbocycles. The Hall–Kier alpha value is -2.99. The van der Waals surface area contributed by atoms with Crippen molar-refractivity contribution in [1.82, 2.24) is 10.3 Å². The van der Waals surface area contributed by atoms with Crippen LogP contribution < -0.4 is 10.2 Å². The van der Waals surface area contributed by atoms with E-state index >= 15 is 0 Å². The summed E-state index contributed by atoms with van der Waals surface area (Å²) in [4.78, 5) is 32.8. The van der Waals surface area contributed by atoms with Crippen LogP contribution in [0.2, 0.25) is 0 Å². The molecule has 0 radical (unpaired) electrons. The average molecular weight is 377 g/mol. The van der Waals surface area contributed by atoms with E-state index in [1.807, 2.05) is 48.7 Å². The molecule has 27 heavy (non-hydrogen) atoms. The maximum atomic E-state index is 13.0. The largest absolute Gasteiger partial charge is 0.351 e. The number of fused-ring (bicyclic) bond motifs is 1. The molecule has 4 rings (SSSR count). The third-order valence-electron chi connectivity index (χ3n) is 4.61. The minimum absolute atomic E-state index is 0.0997. The van der Waals surface area contributed by atoms with Gasteiger partial charge in [0.15, 0.2) is 0 Å². The molecule has 2 aromatic heterocycles. The van der Waals surface area contributed by atoms with Gasteiger partial charge in [0.2, 0.25) is 5.91 Å². The lowest BCUT2D eigenvalue weighted by Crippen LogP contribution is -2.32. The van der Waals surface area contributed by atoms with Crippen molar-refractivity contribution in [3.63, 3.8) is 0 Å². The number of carbonyl (C=O) groups excluding carboxylic acids is 2. The van der Waals surface area contributed by atoms with E-state index in [1.54, 1.807) is 34.6 Å². The number of thiophene rings is 1. The Balaban J connectivity index is 1.60. The number of aryl methyl sites for hydroxylation is 1. The molecule has 2 amide bonds. The number of aromatic nitrogens is 1. The van der Waals surface area contributed by atoms with Crippen molar-refractivity contribution in [3.8, 4) is 0 Å². The molecule has 5 nitrogen and oxygen atoms in total. The molecule has 1 aliphatic heterocycles. The van der Waals surface area contributed by atoms with Gasteiger partial charge in [-0.25, -0.2) is 0 Å². The highest BCUT2D eigenvalue weighted by atomic mass is 32.1. The highest BCUT2D eigenvalue weighted by molar-refractivity contribution is 7.09. The van der Waals surface area contributed by atoms with Gasteiger partial charge in [0.05, 0.1) is 30.3 Å². The first-order valence-electron chi connectivity index (χ1n) is 8.77. The number of amides is 2. The number of carbonyl (C=O) groups is 2. The molecule has 0 aliphatic carbocycles. The van der Waals surface area contributed by atoms with Crippen LogP contribution in [0, 0.1) is 6.92 Å². The Bertz CT molecular complexity index is 985. The molecule has 1 aromatic carbocycles. The van der Waals surface area contributed by atoms with Gasteiger partial charge in [-0.3, -0.25) is 19.5 Å². The number of anilines is 1. The summed E-state index contributed by atoms with van der Waals surface area (Å²) in [5.74, 6) is -0.211.